The summed E-state index contributed by atoms with van der Waals surface area (Å²) in [6.07, 6.45) is 4.79. The number of rotatable bonds is 5. The molecule has 1 fully saturated rings. The summed E-state index contributed by atoms with van der Waals surface area (Å²) in [5, 5.41) is 2.59. The molecule has 14 heavy (non-hydrogen) atoms. The summed E-state index contributed by atoms with van der Waals surface area (Å²) in [7, 11) is 1.65. The van der Waals surface area contributed by atoms with E-state index in [9.17, 15) is 4.79 Å². The van der Waals surface area contributed by atoms with Crippen LogP contribution in [0.1, 0.15) is 32.1 Å². The van der Waals surface area contributed by atoms with Crippen LogP contribution in [0.3, 0.4) is 0 Å². The van der Waals surface area contributed by atoms with E-state index in [1.54, 1.807) is 7.05 Å². The molecule has 3 N–H and O–H groups in total. The zero-order valence-corrected chi connectivity index (χ0v) is 8.79. The third kappa shape index (κ3) is 4.07. The van der Waals surface area contributed by atoms with Gasteiger partial charge in [0.15, 0.2) is 0 Å². The Hall–Kier alpha value is -0.610. The van der Waals surface area contributed by atoms with Crippen molar-refractivity contribution in [3.8, 4) is 0 Å². The molecule has 1 aliphatic rings. The molecule has 0 spiro atoms. The van der Waals surface area contributed by atoms with Gasteiger partial charge in [0, 0.05) is 26.1 Å². The highest BCUT2D eigenvalue weighted by Gasteiger charge is 2.21. The van der Waals surface area contributed by atoms with E-state index in [0.717, 1.165) is 25.7 Å². The van der Waals surface area contributed by atoms with Gasteiger partial charge in [-0.2, -0.15) is 0 Å². The average molecular weight is 200 g/mol. The lowest BCUT2D eigenvalue weighted by molar-refractivity contribution is -0.121. The molecule has 2 atom stereocenters. The SMILES string of the molecule is CNC(=O)CCCOC1CCC(N)C1. The van der Waals surface area contributed by atoms with Gasteiger partial charge < -0.3 is 15.8 Å². The van der Waals surface area contributed by atoms with Crippen molar-refractivity contribution in [2.24, 2.45) is 5.73 Å². The maximum atomic E-state index is 10.9. The lowest BCUT2D eigenvalue weighted by Gasteiger charge is -2.10. The fraction of sp³-hybridized carbons (Fsp3) is 0.900. The van der Waals surface area contributed by atoms with Gasteiger partial charge >= 0.3 is 0 Å². The monoisotopic (exact) mass is 200 g/mol. The average Bonchev–Trinajstić information content (AvgIpc) is 2.58. The molecular formula is C10H20N2O2. The van der Waals surface area contributed by atoms with Crippen LogP contribution in [0.15, 0.2) is 0 Å². The molecule has 4 nitrogen and oxygen atoms in total. The predicted molar refractivity (Wildman–Crippen MR) is 54.9 cm³/mol. The van der Waals surface area contributed by atoms with Crippen molar-refractivity contribution < 1.29 is 9.53 Å². The molecule has 0 heterocycles. The normalized spacial score (nSPS) is 26.4. The van der Waals surface area contributed by atoms with Gasteiger partial charge in [0.1, 0.15) is 0 Å². The second-order valence-electron chi connectivity index (χ2n) is 3.84. The minimum Gasteiger partial charge on any atom is -0.378 e. The number of ether oxygens (including phenoxy) is 1. The van der Waals surface area contributed by atoms with E-state index in [1.807, 2.05) is 0 Å². The first-order chi connectivity index (χ1) is 6.72. The Labute approximate surface area is 85.2 Å². The maximum absolute atomic E-state index is 10.9. The minimum atomic E-state index is 0.0803. The summed E-state index contributed by atoms with van der Waals surface area (Å²) in [6.45, 7) is 0.671. The summed E-state index contributed by atoms with van der Waals surface area (Å²) in [5.41, 5.74) is 5.76. The smallest absolute Gasteiger partial charge is 0.219 e. The first-order valence-corrected chi connectivity index (χ1v) is 5.30. The topological polar surface area (TPSA) is 64.3 Å². The van der Waals surface area contributed by atoms with Gasteiger partial charge in [-0.3, -0.25) is 4.79 Å². The number of carbonyl (C=O) groups excluding carboxylic acids is 1. The lowest BCUT2D eigenvalue weighted by atomic mass is 10.2. The lowest BCUT2D eigenvalue weighted by Crippen LogP contribution is -2.19. The number of hydrogen-bond donors (Lipinski definition) is 2. The van der Waals surface area contributed by atoms with E-state index in [0.29, 0.717) is 25.2 Å². The number of nitrogens with two attached hydrogens (primary N) is 1. The highest BCUT2D eigenvalue weighted by molar-refractivity contribution is 5.75. The van der Waals surface area contributed by atoms with Crippen LogP contribution >= 0.6 is 0 Å². The van der Waals surface area contributed by atoms with E-state index in [4.69, 9.17) is 10.5 Å². The van der Waals surface area contributed by atoms with Crippen molar-refractivity contribution in [1.29, 1.82) is 0 Å². The van der Waals surface area contributed by atoms with Crippen LogP contribution in [0.25, 0.3) is 0 Å². The van der Waals surface area contributed by atoms with Crippen LogP contribution in [-0.2, 0) is 9.53 Å². The molecule has 0 aromatic rings. The van der Waals surface area contributed by atoms with E-state index < -0.39 is 0 Å². The first-order valence-electron chi connectivity index (χ1n) is 5.30. The van der Waals surface area contributed by atoms with E-state index in [1.165, 1.54) is 0 Å². The van der Waals surface area contributed by atoms with Crippen LogP contribution in [0.5, 0.6) is 0 Å². The molecule has 0 radical (unpaired) electrons. The van der Waals surface area contributed by atoms with Crippen LogP contribution in [-0.4, -0.2) is 31.7 Å². The fourth-order valence-electron chi connectivity index (χ4n) is 1.73. The van der Waals surface area contributed by atoms with Gasteiger partial charge in [0.05, 0.1) is 6.10 Å². The van der Waals surface area contributed by atoms with Crippen LogP contribution in [0, 0.1) is 0 Å². The zero-order valence-electron chi connectivity index (χ0n) is 8.79. The number of hydrogen-bond acceptors (Lipinski definition) is 3. The summed E-state index contributed by atoms with van der Waals surface area (Å²) in [5.74, 6) is 0.0803. The Balaban J connectivity index is 1.96. The zero-order chi connectivity index (χ0) is 10.4. The van der Waals surface area contributed by atoms with Gasteiger partial charge in [-0.25, -0.2) is 0 Å². The molecule has 0 aliphatic heterocycles. The van der Waals surface area contributed by atoms with Crippen molar-refractivity contribution in [1.82, 2.24) is 5.32 Å². The van der Waals surface area contributed by atoms with Crippen molar-refractivity contribution in [2.75, 3.05) is 13.7 Å². The third-order valence-electron chi connectivity index (χ3n) is 2.61. The second kappa shape index (κ2) is 5.98. The molecule has 0 aromatic heterocycles. The number of carbonyl (C=O) groups is 1. The van der Waals surface area contributed by atoms with E-state index >= 15 is 0 Å². The third-order valence-corrected chi connectivity index (χ3v) is 2.61. The summed E-state index contributed by atoms with van der Waals surface area (Å²) < 4.78 is 5.61. The molecule has 0 bridgehead atoms. The first kappa shape index (κ1) is 11.5. The highest BCUT2D eigenvalue weighted by Crippen LogP contribution is 2.20. The molecule has 1 saturated carbocycles. The molecule has 82 valence electrons. The Morgan fingerprint density at radius 2 is 2.36 bits per heavy atom. The molecule has 0 saturated heterocycles. The van der Waals surface area contributed by atoms with Crippen molar-refractivity contribution in [2.45, 2.75) is 44.2 Å². The van der Waals surface area contributed by atoms with Crippen LogP contribution in [0.2, 0.25) is 0 Å². The van der Waals surface area contributed by atoms with E-state index in [-0.39, 0.29) is 5.91 Å². The van der Waals surface area contributed by atoms with Crippen molar-refractivity contribution in [3.63, 3.8) is 0 Å². The van der Waals surface area contributed by atoms with Gasteiger partial charge in [-0.15, -0.1) is 0 Å². The second-order valence-corrected chi connectivity index (χ2v) is 3.84. The number of nitrogens with one attached hydrogen (secondary N) is 1. The maximum Gasteiger partial charge on any atom is 0.219 e. The Morgan fingerprint density at radius 1 is 1.57 bits per heavy atom. The molecule has 4 heteroatoms. The molecule has 0 aromatic carbocycles. The summed E-state index contributed by atoms with van der Waals surface area (Å²) in [6, 6.07) is 0.318. The molecule has 1 amide bonds. The quantitative estimate of drug-likeness (QED) is 0.632. The summed E-state index contributed by atoms with van der Waals surface area (Å²) >= 11 is 0. The predicted octanol–water partition coefficient (Wildman–Crippen LogP) is 0.409. The Morgan fingerprint density at radius 3 is 2.93 bits per heavy atom. The van der Waals surface area contributed by atoms with Crippen molar-refractivity contribution in [3.05, 3.63) is 0 Å². The van der Waals surface area contributed by atoms with Crippen LogP contribution in [0.4, 0.5) is 0 Å². The highest BCUT2D eigenvalue weighted by atomic mass is 16.5. The van der Waals surface area contributed by atoms with E-state index in [2.05, 4.69) is 5.32 Å². The van der Waals surface area contributed by atoms with Gasteiger partial charge in [-0.1, -0.05) is 0 Å². The van der Waals surface area contributed by atoms with Gasteiger partial charge in [0.25, 0.3) is 0 Å². The molecule has 2 unspecified atom stereocenters. The Kier molecular flexibility index (Phi) is 4.90. The fourth-order valence-corrected chi connectivity index (χ4v) is 1.73. The molecule has 1 aliphatic carbocycles. The minimum absolute atomic E-state index is 0.0803. The number of amides is 1. The van der Waals surface area contributed by atoms with Crippen LogP contribution < -0.4 is 11.1 Å². The standard InChI is InChI=1S/C10H20N2O2/c1-12-10(13)3-2-6-14-9-5-4-8(11)7-9/h8-9H,2-7,11H2,1H3,(H,12,13). The largest absolute Gasteiger partial charge is 0.378 e. The summed E-state index contributed by atoms with van der Waals surface area (Å²) in [4.78, 5) is 10.9. The van der Waals surface area contributed by atoms with Gasteiger partial charge in [0.2, 0.25) is 5.91 Å². The molecular weight excluding hydrogens is 180 g/mol. The van der Waals surface area contributed by atoms with Gasteiger partial charge in [-0.05, 0) is 25.7 Å². The van der Waals surface area contributed by atoms with Crippen molar-refractivity contribution >= 4 is 5.91 Å². The molecule has 1 rings (SSSR count). The Bertz CT molecular complexity index is 185.